The van der Waals surface area contributed by atoms with Gasteiger partial charge in [0, 0.05) is 33.9 Å². The lowest BCUT2D eigenvalue weighted by molar-refractivity contribution is -0.136. The molecule has 1 aliphatic heterocycles. The number of methoxy groups -OCH3 is 1. The van der Waals surface area contributed by atoms with E-state index in [1.807, 2.05) is 63.2 Å². The molecule has 8 nitrogen and oxygen atoms in total. The van der Waals surface area contributed by atoms with Crippen LogP contribution in [-0.2, 0) is 16.1 Å². The van der Waals surface area contributed by atoms with Crippen molar-refractivity contribution in [3.63, 3.8) is 0 Å². The summed E-state index contributed by atoms with van der Waals surface area (Å²) in [5, 5.41) is 0.942. The van der Waals surface area contributed by atoms with E-state index < -0.39 is 12.0 Å². The Bertz CT molecular complexity index is 2140. The van der Waals surface area contributed by atoms with Crippen LogP contribution in [0, 0.1) is 12.7 Å². The lowest BCUT2D eigenvalue weighted by Crippen LogP contribution is -2.39. The van der Waals surface area contributed by atoms with Gasteiger partial charge in [-0.3, -0.25) is 9.36 Å². The van der Waals surface area contributed by atoms with Crippen LogP contribution in [0.25, 0.3) is 17.0 Å². The Hall–Kier alpha value is -4.96. The molecule has 0 radical (unpaired) electrons. The summed E-state index contributed by atoms with van der Waals surface area (Å²) in [5.41, 5.74) is 3.83. The number of thiazole rings is 1. The molecule has 2 aromatic heterocycles. The van der Waals surface area contributed by atoms with Gasteiger partial charge in [0.05, 0.1) is 43.0 Å². The minimum Gasteiger partial charge on any atom is -0.490 e. The summed E-state index contributed by atoms with van der Waals surface area (Å²) in [6.07, 6.45) is 3.33. The van der Waals surface area contributed by atoms with Crippen LogP contribution in [0.4, 0.5) is 4.39 Å². The number of nitrogens with zero attached hydrogens (tertiary/aromatic N) is 3. The zero-order chi connectivity index (χ0) is 31.7. The fourth-order valence-electron chi connectivity index (χ4n) is 5.76. The number of carbonyl (C=O) groups excluding carboxylic acids is 1. The molecule has 0 saturated carbocycles. The van der Waals surface area contributed by atoms with E-state index in [2.05, 4.69) is 9.56 Å². The molecule has 0 aliphatic carbocycles. The van der Waals surface area contributed by atoms with Crippen LogP contribution in [-0.4, -0.2) is 35.4 Å². The minimum absolute atomic E-state index is 0.223. The first kappa shape index (κ1) is 30.1. The van der Waals surface area contributed by atoms with E-state index in [4.69, 9.17) is 14.2 Å². The molecule has 1 aliphatic rings. The van der Waals surface area contributed by atoms with Crippen LogP contribution < -0.4 is 24.4 Å². The zero-order valence-electron chi connectivity index (χ0n) is 25.4. The average molecular weight is 626 g/mol. The van der Waals surface area contributed by atoms with E-state index in [1.54, 1.807) is 24.3 Å². The fraction of sp³-hybridized carbons (Fsp3) is 0.229. The Morgan fingerprint density at radius 2 is 1.76 bits per heavy atom. The highest BCUT2D eigenvalue weighted by Gasteiger charge is 2.31. The maximum atomic E-state index is 14.6. The van der Waals surface area contributed by atoms with Crippen LogP contribution >= 0.6 is 11.3 Å². The molecule has 45 heavy (non-hydrogen) atoms. The normalized spacial score (nSPS) is 14.6. The summed E-state index contributed by atoms with van der Waals surface area (Å²) in [4.78, 5) is 32.1. The maximum absolute atomic E-state index is 14.6. The van der Waals surface area contributed by atoms with E-state index in [0.717, 1.165) is 22.2 Å². The predicted octanol–water partition coefficient (Wildman–Crippen LogP) is 5.27. The number of hydrogen-bond donors (Lipinski definition) is 0. The van der Waals surface area contributed by atoms with Crippen molar-refractivity contribution in [3.05, 3.63) is 126 Å². The van der Waals surface area contributed by atoms with Gasteiger partial charge in [0.15, 0.2) is 16.3 Å². The molecule has 0 unspecified atom stereocenters. The van der Waals surface area contributed by atoms with E-state index in [1.165, 1.54) is 35.3 Å². The number of aromatic nitrogens is 2. The quantitative estimate of drug-likeness (QED) is 0.209. The Labute approximate surface area is 262 Å². The number of esters is 1. The summed E-state index contributed by atoms with van der Waals surface area (Å²) < 4.78 is 35.4. The molecule has 0 N–H and O–H groups in total. The Morgan fingerprint density at radius 1 is 1.02 bits per heavy atom. The van der Waals surface area contributed by atoms with E-state index in [-0.39, 0.29) is 16.9 Å². The second kappa shape index (κ2) is 12.6. The third-order valence-electron chi connectivity index (χ3n) is 7.85. The van der Waals surface area contributed by atoms with Crippen molar-refractivity contribution in [1.29, 1.82) is 0 Å². The molecule has 6 rings (SSSR count). The second-order valence-electron chi connectivity index (χ2n) is 10.4. The van der Waals surface area contributed by atoms with Crippen LogP contribution in [0.3, 0.4) is 0 Å². The molecular weight excluding hydrogens is 593 g/mol. The van der Waals surface area contributed by atoms with E-state index in [0.29, 0.717) is 51.7 Å². The summed E-state index contributed by atoms with van der Waals surface area (Å²) in [7, 11) is 1.30. The molecule has 10 heteroatoms. The Balaban J connectivity index is 1.52. The van der Waals surface area contributed by atoms with Crippen LogP contribution in [0.15, 0.2) is 88.3 Å². The van der Waals surface area contributed by atoms with Crippen molar-refractivity contribution >= 4 is 34.3 Å². The van der Waals surface area contributed by atoms with Gasteiger partial charge in [0.25, 0.3) is 5.56 Å². The first-order valence-electron chi connectivity index (χ1n) is 14.7. The Kier molecular flexibility index (Phi) is 8.40. The van der Waals surface area contributed by atoms with Crippen molar-refractivity contribution in [2.45, 2.75) is 33.4 Å². The third-order valence-corrected chi connectivity index (χ3v) is 8.85. The molecular formula is C35H32FN3O5S. The molecule has 5 aromatic rings. The molecule has 3 aromatic carbocycles. The number of fused-ring (bicyclic) bond motifs is 2. The van der Waals surface area contributed by atoms with E-state index in [9.17, 15) is 14.0 Å². The third kappa shape index (κ3) is 5.46. The van der Waals surface area contributed by atoms with Crippen molar-refractivity contribution in [3.8, 4) is 11.5 Å². The molecule has 1 atom stereocenters. The molecule has 3 heterocycles. The molecule has 0 spiro atoms. The highest BCUT2D eigenvalue weighted by Crippen LogP contribution is 2.35. The summed E-state index contributed by atoms with van der Waals surface area (Å²) in [6.45, 7) is 6.95. The Morgan fingerprint density at radius 3 is 2.51 bits per heavy atom. The monoisotopic (exact) mass is 625 g/mol. The van der Waals surface area contributed by atoms with E-state index >= 15 is 0 Å². The number of carbonyl (C=O) groups is 1. The molecule has 0 saturated heterocycles. The van der Waals surface area contributed by atoms with Crippen molar-refractivity contribution < 1.29 is 23.4 Å². The van der Waals surface area contributed by atoms with Crippen LogP contribution in [0.1, 0.15) is 42.3 Å². The topological polar surface area (TPSA) is 84.0 Å². The highest BCUT2D eigenvalue weighted by molar-refractivity contribution is 7.07. The van der Waals surface area contributed by atoms with Crippen LogP contribution in [0.5, 0.6) is 11.5 Å². The van der Waals surface area contributed by atoms with Crippen molar-refractivity contribution in [1.82, 2.24) is 9.13 Å². The average Bonchev–Trinajstić information content (AvgIpc) is 3.51. The van der Waals surface area contributed by atoms with Gasteiger partial charge < -0.3 is 18.8 Å². The van der Waals surface area contributed by atoms with Gasteiger partial charge >= 0.3 is 5.97 Å². The lowest BCUT2D eigenvalue weighted by atomic mass is 9.97. The predicted molar refractivity (Wildman–Crippen MR) is 172 cm³/mol. The van der Waals surface area contributed by atoms with Gasteiger partial charge in [-0.2, -0.15) is 0 Å². The number of rotatable bonds is 9. The molecule has 0 fully saturated rings. The number of halogens is 1. The molecule has 0 bridgehead atoms. The summed E-state index contributed by atoms with van der Waals surface area (Å²) >= 11 is 1.24. The van der Waals surface area contributed by atoms with Gasteiger partial charge in [-0.05, 0) is 56.7 Å². The molecule has 0 amide bonds. The second-order valence-corrected chi connectivity index (χ2v) is 11.5. The van der Waals surface area contributed by atoms with Crippen LogP contribution in [0.2, 0.25) is 0 Å². The zero-order valence-corrected chi connectivity index (χ0v) is 26.2. The number of hydrogen-bond acceptors (Lipinski definition) is 7. The highest BCUT2D eigenvalue weighted by atomic mass is 32.1. The minimum atomic E-state index is -0.797. The van der Waals surface area contributed by atoms with Gasteiger partial charge in [-0.1, -0.05) is 53.8 Å². The van der Waals surface area contributed by atoms with Gasteiger partial charge in [0.2, 0.25) is 0 Å². The molecule has 230 valence electrons. The van der Waals surface area contributed by atoms with Crippen molar-refractivity contribution in [2.24, 2.45) is 4.99 Å². The van der Waals surface area contributed by atoms with Crippen molar-refractivity contribution in [2.75, 3.05) is 20.3 Å². The number of ether oxygens (including phenoxy) is 3. The van der Waals surface area contributed by atoms with Gasteiger partial charge in [-0.15, -0.1) is 0 Å². The fourth-order valence-corrected chi connectivity index (χ4v) is 6.71. The first-order chi connectivity index (χ1) is 21.9. The standard InChI is InChI=1S/C35H32FN3O5S/c1-5-43-29-16-15-22(17-30(29)44-6-2)32-26(34(41)42-4)19-37-35-39(32)33(40)31(45-35)18-25-21(3)38(28-14-10-8-12-24(25)28)20-23-11-7-9-13-27(23)36/h7-19,32H,5-6,20H2,1-4H3/b31-18+/t32-/m0/s1. The first-order valence-corrected chi connectivity index (χ1v) is 15.5. The SMILES string of the molecule is CCOc1ccc([C@H]2C(C(=O)OC)=CN=c3s/c(=C/c4c(C)n(Cc5ccccc5F)c5ccccc45)c(=O)n32)cc1OCC. The summed E-state index contributed by atoms with van der Waals surface area (Å²) in [6, 6.07) is 19.2. The number of para-hydroxylation sites is 1. The largest absolute Gasteiger partial charge is 0.490 e. The number of benzene rings is 3. The maximum Gasteiger partial charge on any atom is 0.337 e. The van der Waals surface area contributed by atoms with Gasteiger partial charge in [0.1, 0.15) is 5.82 Å². The summed E-state index contributed by atoms with van der Waals surface area (Å²) in [5.74, 6) is 0.226. The lowest BCUT2D eigenvalue weighted by Gasteiger charge is -2.23. The smallest absolute Gasteiger partial charge is 0.337 e. The van der Waals surface area contributed by atoms with Gasteiger partial charge in [-0.25, -0.2) is 14.2 Å².